The summed E-state index contributed by atoms with van der Waals surface area (Å²) in [5, 5.41) is 5.99. The molecule has 1 amide bonds. The molecule has 2 aromatic heterocycles. The van der Waals surface area contributed by atoms with E-state index in [-0.39, 0.29) is 11.3 Å². The van der Waals surface area contributed by atoms with Crippen molar-refractivity contribution in [2.45, 2.75) is 0 Å². The number of benzene rings is 3. The van der Waals surface area contributed by atoms with Crippen molar-refractivity contribution in [1.29, 1.82) is 0 Å². The second kappa shape index (κ2) is 10.7. The van der Waals surface area contributed by atoms with Crippen LogP contribution in [0.3, 0.4) is 0 Å². The number of carbonyl (C=O) groups is 1. The molecule has 0 atom stereocenters. The topological polar surface area (TPSA) is 86.9 Å². The number of rotatable bonds is 5. The molecule has 0 bridgehead atoms. The van der Waals surface area contributed by atoms with E-state index in [2.05, 4.69) is 44.4 Å². The second-order valence-corrected chi connectivity index (χ2v) is 11.3. The zero-order valence-electron chi connectivity index (χ0n) is 22.1. The van der Waals surface area contributed by atoms with Crippen LogP contribution in [-0.2, 0) is 14.3 Å². The Kier molecular flexibility index (Phi) is 6.73. The molecular weight excluding hydrogens is 524 g/mol. The van der Waals surface area contributed by atoms with Gasteiger partial charge in [0, 0.05) is 68.9 Å². The number of nitrogens with one attached hydrogen (secondary N) is 2. The SMILES string of the molecule is O=C(CN1CCOCC1)Nc1ccc(-c2cccc3c(=O)cc(N4CCOCC4)[nH]c23)c2sc3ccccc3c12. The molecule has 8 nitrogen and oxygen atoms in total. The molecule has 2 fully saturated rings. The van der Waals surface area contributed by atoms with E-state index in [9.17, 15) is 9.59 Å². The third-order valence-electron chi connectivity index (χ3n) is 7.76. The third kappa shape index (κ3) is 4.65. The maximum atomic E-state index is 13.2. The average Bonchev–Trinajstić information content (AvgIpc) is 3.38. The van der Waals surface area contributed by atoms with Crippen molar-refractivity contribution in [1.82, 2.24) is 9.88 Å². The number of aromatic nitrogens is 1. The van der Waals surface area contributed by atoms with Crippen LogP contribution in [0.15, 0.2) is 65.5 Å². The van der Waals surface area contributed by atoms with Gasteiger partial charge in [0.05, 0.1) is 44.2 Å². The molecule has 2 aliphatic heterocycles. The number of pyridine rings is 1. The highest BCUT2D eigenvalue weighted by atomic mass is 32.1. The highest BCUT2D eigenvalue weighted by Gasteiger charge is 2.20. The Morgan fingerprint density at radius 1 is 0.875 bits per heavy atom. The fraction of sp³-hybridized carbons (Fsp3) is 0.290. The van der Waals surface area contributed by atoms with Gasteiger partial charge in [-0.2, -0.15) is 0 Å². The molecule has 0 spiro atoms. The number of thiophene rings is 1. The van der Waals surface area contributed by atoms with Crippen LogP contribution in [0.4, 0.5) is 11.5 Å². The van der Waals surface area contributed by atoms with Gasteiger partial charge in [-0.05, 0) is 18.2 Å². The van der Waals surface area contributed by atoms with E-state index < -0.39 is 0 Å². The van der Waals surface area contributed by atoms with Gasteiger partial charge in [-0.1, -0.05) is 36.4 Å². The van der Waals surface area contributed by atoms with Crippen LogP contribution in [0.25, 0.3) is 42.2 Å². The van der Waals surface area contributed by atoms with E-state index in [0.29, 0.717) is 38.4 Å². The van der Waals surface area contributed by atoms with Gasteiger partial charge in [0.15, 0.2) is 5.43 Å². The Hall–Kier alpha value is -3.76. The van der Waals surface area contributed by atoms with Crippen LogP contribution in [0.1, 0.15) is 0 Å². The molecule has 204 valence electrons. The number of aromatic amines is 1. The minimum absolute atomic E-state index is 0.00308. The number of amides is 1. The molecule has 2 saturated heterocycles. The number of anilines is 2. The molecule has 40 heavy (non-hydrogen) atoms. The first-order valence-electron chi connectivity index (χ1n) is 13.7. The number of hydrogen-bond donors (Lipinski definition) is 2. The number of nitrogens with zero attached hydrogens (tertiary/aromatic N) is 2. The molecule has 0 saturated carbocycles. The number of para-hydroxylation sites is 1. The van der Waals surface area contributed by atoms with Crippen LogP contribution in [0.5, 0.6) is 0 Å². The molecule has 2 N–H and O–H groups in total. The minimum atomic E-state index is -0.0316. The van der Waals surface area contributed by atoms with Crippen molar-refractivity contribution in [3.05, 3.63) is 70.9 Å². The van der Waals surface area contributed by atoms with Crippen molar-refractivity contribution in [3.8, 4) is 11.1 Å². The lowest BCUT2D eigenvalue weighted by Gasteiger charge is -2.28. The molecule has 5 aromatic rings. The standard InChI is InChI=1S/C31H30N4O4S/c36-25-18-27(35-12-16-39-17-13-35)33-30-20(5-3-6-22(25)30)21-8-9-24(32-28(37)19-34-10-14-38-15-11-34)29-23-4-1-2-7-26(23)40-31(21)29/h1-9,18H,10-17,19H2,(H,32,37)(H,33,36). The molecule has 0 aliphatic carbocycles. The number of fused-ring (bicyclic) bond motifs is 4. The second-order valence-electron chi connectivity index (χ2n) is 10.2. The molecule has 2 aliphatic rings. The Morgan fingerprint density at radius 3 is 2.45 bits per heavy atom. The van der Waals surface area contributed by atoms with Crippen LogP contribution >= 0.6 is 11.3 Å². The summed E-state index contributed by atoms with van der Waals surface area (Å²) in [5.41, 5.74) is 3.61. The molecule has 0 unspecified atom stereocenters. The fourth-order valence-corrected chi connectivity index (χ4v) is 7.01. The largest absolute Gasteiger partial charge is 0.379 e. The van der Waals surface area contributed by atoms with E-state index in [1.807, 2.05) is 30.3 Å². The Bertz CT molecular complexity index is 1780. The maximum absolute atomic E-state index is 13.2. The lowest BCUT2D eigenvalue weighted by molar-refractivity contribution is -0.118. The normalized spacial score (nSPS) is 16.6. The van der Waals surface area contributed by atoms with Crippen molar-refractivity contribution in [2.24, 2.45) is 0 Å². The highest BCUT2D eigenvalue weighted by molar-refractivity contribution is 7.26. The van der Waals surface area contributed by atoms with Gasteiger partial charge < -0.3 is 24.7 Å². The number of ether oxygens (including phenoxy) is 2. The summed E-state index contributed by atoms with van der Waals surface area (Å²) in [7, 11) is 0. The Balaban J connectivity index is 1.35. The summed E-state index contributed by atoms with van der Waals surface area (Å²) in [6, 6.07) is 19.9. The van der Waals surface area contributed by atoms with E-state index in [4.69, 9.17) is 9.47 Å². The monoisotopic (exact) mass is 554 g/mol. The Morgan fingerprint density at radius 2 is 1.62 bits per heavy atom. The van der Waals surface area contributed by atoms with E-state index in [1.54, 1.807) is 17.4 Å². The van der Waals surface area contributed by atoms with E-state index in [1.165, 1.54) is 0 Å². The van der Waals surface area contributed by atoms with E-state index >= 15 is 0 Å². The number of carbonyl (C=O) groups excluding carboxylic acids is 1. The van der Waals surface area contributed by atoms with Gasteiger partial charge >= 0.3 is 0 Å². The smallest absolute Gasteiger partial charge is 0.238 e. The molecule has 9 heteroatoms. The Labute approximate surface area is 235 Å². The predicted molar refractivity (Wildman–Crippen MR) is 162 cm³/mol. The van der Waals surface area contributed by atoms with Crippen LogP contribution in [-0.4, -0.2) is 74.9 Å². The molecule has 4 heterocycles. The lowest BCUT2D eigenvalue weighted by atomic mass is 9.98. The zero-order valence-corrected chi connectivity index (χ0v) is 22.9. The van der Waals surface area contributed by atoms with Gasteiger partial charge in [-0.15, -0.1) is 11.3 Å². The van der Waals surface area contributed by atoms with E-state index in [0.717, 1.165) is 74.5 Å². The van der Waals surface area contributed by atoms with Crippen molar-refractivity contribution in [3.63, 3.8) is 0 Å². The maximum Gasteiger partial charge on any atom is 0.238 e. The summed E-state index contributed by atoms with van der Waals surface area (Å²) in [4.78, 5) is 34.2. The molecule has 3 aromatic carbocycles. The van der Waals surface area contributed by atoms with Crippen molar-refractivity contribution in [2.75, 3.05) is 69.4 Å². The summed E-state index contributed by atoms with van der Waals surface area (Å²) in [6.45, 7) is 5.93. The first-order chi connectivity index (χ1) is 19.7. The van der Waals surface area contributed by atoms with Crippen LogP contribution in [0.2, 0.25) is 0 Å². The predicted octanol–water partition coefficient (Wildman–Crippen LogP) is 4.67. The quantitative estimate of drug-likeness (QED) is 0.328. The van der Waals surface area contributed by atoms with Gasteiger partial charge in [-0.25, -0.2) is 0 Å². The van der Waals surface area contributed by atoms with Gasteiger partial charge in [0.2, 0.25) is 5.91 Å². The fourth-order valence-electron chi connectivity index (χ4n) is 5.75. The summed E-state index contributed by atoms with van der Waals surface area (Å²) in [5.74, 6) is 0.781. The van der Waals surface area contributed by atoms with Crippen LogP contribution < -0.4 is 15.6 Å². The number of morpholine rings is 2. The third-order valence-corrected chi connectivity index (χ3v) is 8.97. The summed E-state index contributed by atoms with van der Waals surface area (Å²) < 4.78 is 13.2. The summed E-state index contributed by atoms with van der Waals surface area (Å²) >= 11 is 1.71. The highest BCUT2D eigenvalue weighted by Crippen LogP contribution is 2.44. The van der Waals surface area contributed by atoms with Crippen molar-refractivity contribution >= 4 is 59.8 Å². The van der Waals surface area contributed by atoms with Crippen molar-refractivity contribution < 1.29 is 14.3 Å². The van der Waals surface area contributed by atoms with Gasteiger partial charge in [0.25, 0.3) is 0 Å². The molecular formula is C31H30N4O4S. The minimum Gasteiger partial charge on any atom is -0.379 e. The number of hydrogen-bond acceptors (Lipinski definition) is 7. The molecule has 0 radical (unpaired) electrons. The van der Waals surface area contributed by atoms with Crippen LogP contribution in [0, 0.1) is 0 Å². The average molecular weight is 555 g/mol. The first kappa shape index (κ1) is 25.2. The van der Waals surface area contributed by atoms with Gasteiger partial charge in [-0.3, -0.25) is 14.5 Å². The lowest BCUT2D eigenvalue weighted by Crippen LogP contribution is -2.41. The zero-order chi connectivity index (χ0) is 27.1. The number of H-pyrrole nitrogens is 1. The van der Waals surface area contributed by atoms with Gasteiger partial charge in [0.1, 0.15) is 5.82 Å². The first-order valence-corrected chi connectivity index (χ1v) is 14.5. The molecule has 7 rings (SSSR count). The summed E-state index contributed by atoms with van der Waals surface area (Å²) in [6.07, 6.45) is 0.